The fourth-order valence-electron chi connectivity index (χ4n) is 4.15. The molecule has 1 aliphatic rings. The maximum atomic E-state index is 13.2. The lowest BCUT2D eigenvalue weighted by molar-refractivity contribution is 0.162. The van der Waals surface area contributed by atoms with Crippen LogP contribution >= 0.6 is 0 Å². The number of phenols is 1. The number of methoxy groups -OCH3 is 1. The van der Waals surface area contributed by atoms with Gasteiger partial charge < -0.3 is 14.9 Å². The predicted octanol–water partition coefficient (Wildman–Crippen LogP) is 4.31. The second kappa shape index (κ2) is 8.80. The Morgan fingerprint density at radius 1 is 1.06 bits per heavy atom. The average molecular weight is 458 g/mol. The Hall–Kier alpha value is -3.10. The van der Waals surface area contributed by atoms with Crippen LogP contribution in [0.15, 0.2) is 72.8 Å². The van der Waals surface area contributed by atoms with Crippen molar-refractivity contribution in [1.82, 2.24) is 0 Å². The highest BCUT2D eigenvalue weighted by molar-refractivity contribution is 7.95. The number of phenolic OH excluding ortho intramolecular Hbond substituents is 1. The molecule has 32 heavy (non-hydrogen) atoms. The molecule has 0 bridgehead atoms. The van der Waals surface area contributed by atoms with Crippen LogP contribution in [0.3, 0.4) is 0 Å². The van der Waals surface area contributed by atoms with E-state index in [1.807, 2.05) is 0 Å². The monoisotopic (exact) mass is 457 g/mol. The van der Waals surface area contributed by atoms with Crippen molar-refractivity contribution < 1.29 is 27.8 Å². The molecule has 1 heterocycles. The summed E-state index contributed by atoms with van der Waals surface area (Å²) in [6, 6.07) is 18.3. The Bertz CT molecular complexity index is 1180. The highest BCUT2D eigenvalue weighted by Gasteiger charge is 2.54. The molecule has 0 unspecified atom stereocenters. The molecular weight excluding hydrogens is 433 g/mol. The van der Waals surface area contributed by atoms with Crippen molar-refractivity contribution in [1.29, 1.82) is 0 Å². The molecule has 0 saturated carbocycles. The summed E-state index contributed by atoms with van der Waals surface area (Å²) in [4.78, 5) is 0. The third-order valence-corrected chi connectivity index (χ3v) is 8.05. The van der Waals surface area contributed by atoms with E-state index >= 15 is 0 Å². The van der Waals surface area contributed by atoms with E-state index in [4.69, 9.17) is 4.74 Å². The van der Waals surface area contributed by atoms with Gasteiger partial charge in [-0.25, -0.2) is 12.8 Å². The van der Waals surface area contributed by atoms with E-state index in [1.54, 1.807) is 42.5 Å². The zero-order chi connectivity index (χ0) is 22.9. The van der Waals surface area contributed by atoms with Gasteiger partial charge in [0.15, 0.2) is 0 Å². The molecule has 0 amide bonds. The van der Waals surface area contributed by atoms with Crippen LogP contribution in [0, 0.1) is 5.82 Å². The van der Waals surface area contributed by atoms with Crippen molar-refractivity contribution >= 4 is 15.7 Å². The van der Waals surface area contributed by atoms with E-state index in [1.165, 1.54) is 41.7 Å². The number of rotatable bonds is 7. The van der Waals surface area contributed by atoms with Crippen LogP contribution in [0.1, 0.15) is 36.1 Å². The van der Waals surface area contributed by atoms with Gasteiger partial charge in [0.05, 0.1) is 24.9 Å². The Morgan fingerprint density at radius 2 is 1.75 bits per heavy atom. The molecule has 0 aliphatic carbocycles. The number of sulfonamides is 1. The minimum atomic E-state index is -3.71. The first-order valence-electron chi connectivity index (χ1n) is 10.2. The number of hydrogen-bond acceptors (Lipinski definition) is 5. The van der Waals surface area contributed by atoms with Gasteiger partial charge in [-0.15, -0.1) is 0 Å². The summed E-state index contributed by atoms with van der Waals surface area (Å²) in [5, 5.41) is 20.3. The van der Waals surface area contributed by atoms with Crippen LogP contribution < -0.4 is 9.04 Å². The van der Waals surface area contributed by atoms with E-state index in [-0.39, 0.29) is 18.6 Å². The first-order valence-corrected chi connectivity index (χ1v) is 11.7. The largest absolute Gasteiger partial charge is 0.507 e. The van der Waals surface area contributed by atoms with Gasteiger partial charge in [0.2, 0.25) is 10.0 Å². The second-order valence-corrected chi connectivity index (χ2v) is 9.76. The topological polar surface area (TPSA) is 87.1 Å². The van der Waals surface area contributed by atoms with Crippen molar-refractivity contribution in [3.05, 3.63) is 89.7 Å². The van der Waals surface area contributed by atoms with E-state index in [2.05, 4.69) is 0 Å². The normalized spacial score (nSPS) is 20.4. The summed E-state index contributed by atoms with van der Waals surface area (Å²) < 4.78 is 46.1. The van der Waals surface area contributed by atoms with Gasteiger partial charge in [0.1, 0.15) is 22.6 Å². The predicted molar refractivity (Wildman–Crippen MR) is 120 cm³/mol. The number of aliphatic hydroxyl groups is 1. The molecule has 1 saturated heterocycles. The summed E-state index contributed by atoms with van der Waals surface area (Å²) >= 11 is 0. The fraction of sp³-hybridized carbons (Fsp3) is 0.250. The van der Waals surface area contributed by atoms with Gasteiger partial charge in [-0.3, -0.25) is 4.31 Å². The highest BCUT2D eigenvalue weighted by Crippen LogP contribution is 2.50. The van der Waals surface area contributed by atoms with Gasteiger partial charge in [-0.05, 0) is 54.8 Å². The van der Waals surface area contributed by atoms with Gasteiger partial charge >= 0.3 is 0 Å². The molecule has 6 nitrogen and oxygen atoms in total. The number of ether oxygens (including phenoxy) is 1. The molecule has 4 rings (SSSR count). The number of nitrogens with zero attached hydrogens (tertiary/aromatic N) is 1. The average Bonchev–Trinajstić information content (AvgIpc) is 2.78. The maximum absolute atomic E-state index is 13.2. The van der Waals surface area contributed by atoms with Crippen molar-refractivity contribution in [2.75, 3.05) is 11.4 Å². The van der Waals surface area contributed by atoms with Crippen molar-refractivity contribution in [3.63, 3.8) is 0 Å². The third-order valence-electron chi connectivity index (χ3n) is 5.81. The SMILES string of the molecule is COc1ccc([C@@H]2[C@@H](CC[C@@H](O)c3ccc(F)cc3)S(=O)(=O)N2c2ccccc2)c(O)c1. The van der Waals surface area contributed by atoms with Crippen LogP contribution in [0.25, 0.3) is 0 Å². The molecular formula is C24H24FNO5S. The van der Waals surface area contributed by atoms with Gasteiger partial charge in [-0.2, -0.15) is 0 Å². The number of para-hydroxylation sites is 1. The van der Waals surface area contributed by atoms with Gasteiger partial charge in [0.25, 0.3) is 0 Å². The summed E-state index contributed by atoms with van der Waals surface area (Å²) in [6.07, 6.45) is -0.590. The summed E-state index contributed by atoms with van der Waals surface area (Å²) in [5.74, 6) is -0.00620. The highest BCUT2D eigenvalue weighted by atomic mass is 32.2. The van der Waals surface area contributed by atoms with Crippen molar-refractivity contribution in [2.24, 2.45) is 0 Å². The van der Waals surface area contributed by atoms with Crippen LogP contribution in [-0.4, -0.2) is 31.0 Å². The number of benzene rings is 3. The zero-order valence-electron chi connectivity index (χ0n) is 17.4. The second-order valence-electron chi connectivity index (χ2n) is 7.73. The molecule has 1 aliphatic heterocycles. The molecule has 8 heteroatoms. The van der Waals surface area contributed by atoms with Crippen LogP contribution in [0.2, 0.25) is 0 Å². The lowest BCUT2D eigenvalue weighted by Gasteiger charge is -2.48. The minimum absolute atomic E-state index is 0.0609. The molecule has 3 aromatic rings. The molecule has 168 valence electrons. The van der Waals surface area contributed by atoms with Gasteiger partial charge in [-0.1, -0.05) is 30.3 Å². The van der Waals surface area contributed by atoms with Crippen LogP contribution in [-0.2, 0) is 10.0 Å². The van der Waals surface area contributed by atoms with Crippen LogP contribution in [0.4, 0.5) is 10.1 Å². The Morgan fingerprint density at radius 3 is 2.38 bits per heavy atom. The van der Waals surface area contributed by atoms with Crippen molar-refractivity contribution in [3.8, 4) is 11.5 Å². The number of anilines is 1. The first kappa shape index (κ1) is 22.1. The Labute approximate surface area is 186 Å². The molecule has 0 aromatic heterocycles. The molecule has 1 fully saturated rings. The van der Waals surface area contributed by atoms with E-state index in [0.717, 1.165) is 0 Å². The Kier molecular flexibility index (Phi) is 6.08. The zero-order valence-corrected chi connectivity index (χ0v) is 18.2. The summed E-state index contributed by atoms with van der Waals surface area (Å²) in [7, 11) is -2.23. The smallest absolute Gasteiger partial charge is 0.241 e. The molecule has 2 N–H and O–H groups in total. The molecule has 0 spiro atoms. The summed E-state index contributed by atoms with van der Waals surface area (Å²) in [6.45, 7) is 0. The number of hydrogen-bond donors (Lipinski definition) is 2. The fourth-order valence-corrected chi connectivity index (χ4v) is 6.26. The van der Waals surface area contributed by atoms with E-state index in [9.17, 15) is 23.0 Å². The lowest BCUT2D eigenvalue weighted by Crippen LogP contribution is -2.58. The molecule has 3 aromatic carbocycles. The minimum Gasteiger partial charge on any atom is -0.507 e. The molecule has 3 atom stereocenters. The summed E-state index contributed by atoms with van der Waals surface area (Å²) in [5.41, 5.74) is 1.49. The van der Waals surface area contributed by atoms with Crippen molar-refractivity contribution in [2.45, 2.75) is 30.2 Å². The van der Waals surface area contributed by atoms with Gasteiger partial charge in [0, 0.05) is 11.6 Å². The maximum Gasteiger partial charge on any atom is 0.241 e. The number of aliphatic hydroxyl groups excluding tert-OH is 1. The standard InChI is InChI=1S/C24H24FNO5S/c1-31-19-11-12-20(22(28)15-19)24-23(14-13-21(27)16-7-9-17(25)10-8-16)32(29,30)26(24)18-5-3-2-4-6-18/h2-12,15,21,23-24,27-28H,13-14H2,1H3/t21-,23-,24-/m1/s1. The van der Waals surface area contributed by atoms with E-state index < -0.39 is 33.2 Å². The number of halogens is 1. The van der Waals surface area contributed by atoms with Crippen LogP contribution in [0.5, 0.6) is 11.5 Å². The third kappa shape index (κ3) is 4.03. The first-order chi connectivity index (χ1) is 15.3. The van der Waals surface area contributed by atoms with E-state index in [0.29, 0.717) is 22.6 Å². The Balaban J connectivity index is 1.64. The quantitative estimate of drug-likeness (QED) is 0.552. The number of aromatic hydroxyl groups is 1. The lowest BCUT2D eigenvalue weighted by atomic mass is 9.95. The molecule has 0 radical (unpaired) electrons.